The minimum Gasteiger partial charge on any atom is -0.312 e. The third-order valence-electron chi connectivity index (χ3n) is 5.14. The van der Waals surface area contributed by atoms with Gasteiger partial charge in [0.25, 0.3) is 0 Å². The van der Waals surface area contributed by atoms with Crippen LogP contribution in [0, 0.1) is 5.92 Å². The predicted molar refractivity (Wildman–Crippen MR) is 91.7 cm³/mol. The van der Waals surface area contributed by atoms with Crippen molar-refractivity contribution in [3.8, 4) is 0 Å². The van der Waals surface area contributed by atoms with Crippen LogP contribution >= 0.6 is 0 Å². The van der Waals surface area contributed by atoms with Gasteiger partial charge in [0.1, 0.15) is 0 Å². The van der Waals surface area contributed by atoms with Gasteiger partial charge in [0, 0.05) is 18.6 Å². The molecule has 2 heteroatoms. The normalized spacial score (nSPS) is 22.2. The van der Waals surface area contributed by atoms with Gasteiger partial charge in [0.15, 0.2) is 0 Å². The molecule has 1 aliphatic rings. The van der Waals surface area contributed by atoms with E-state index in [1.54, 1.807) is 0 Å². The molecule has 2 rings (SSSR count). The molecule has 0 saturated carbocycles. The molecule has 1 aromatic rings. The Morgan fingerprint density at radius 3 is 2.57 bits per heavy atom. The standard InChI is InChI=1S/C19H32N2/c1-4-18(5-2)16(3)21-13-9-12-20-19(15-21)14-17-10-7-6-8-11-17/h6-8,10-11,16,18-20H,4-5,9,12-15H2,1-3H3. The molecule has 1 saturated heterocycles. The molecule has 0 spiro atoms. The largest absolute Gasteiger partial charge is 0.312 e. The third kappa shape index (κ3) is 4.82. The predicted octanol–water partition coefficient (Wildman–Crippen LogP) is 3.72. The highest BCUT2D eigenvalue weighted by atomic mass is 15.2. The van der Waals surface area contributed by atoms with Crippen LogP contribution in [0.5, 0.6) is 0 Å². The summed E-state index contributed by atoms with van der Waals surface area (Å²) in [5, 5.41) is 3.75. The fourth-order valence-electron chi connectivity index (χ4n) is 3.70. The van der Waals surface area contributed by atoms with Crippen molar-refractivity contribution < 1.29 is 0 Å². The Bertz CT molecular complexity index is 386. The quantitative estimate of drug-likeness (QED) is 0.858. The zero-order chi connectivity index (χ0) is 15.1. The Labute approximate surface area is 130 Å². The van der Waals surface area contributed by atoms with Crippen molar-refractivity contribution in [1.29, 1.82) is 0 Å². The average Bonchev–Trinajstić information content (AvgIpc) is 2.75. The van der Waals surface area contributed by atoms with Crippen LogP contribution in [0.15, 0.2) is 30.3 Å². The van der Waals surface area contributed by atoms with Crippen molar-refractivity contribution >= 4 is 0 Å². The van der Waals surface area contributed by atoms with Crippen LogP contribution < -0.4 is 5.32 Å². The Morgan fingerprint density at radius 2 is 1.90 bits per heavy atom. The van der Waals surface area contributed by atoms with Crippen LogP contribution in [0.3, 0.4) is 0 Å². The first kappa shape index (κ1) is 16.5. The summed E-state index contributed by atoms with van der Waals surface area (Å²) in [6.45, 7) is 10.7. The summed E-state index contributed by atoms with van der Waals surface area (Å²) in [5.74, 6) is 0.834. The van der Waals surface area contributed by atoms with Crippen molar-refractivity contribution in [2.45, 2.75) is 58.5 Å². The van der Waals surface area contributed by atoms with E-state index in [1.807, 2.05) is 0 Å². The molecule has 2 unspecified atom stereocenters. The monoisotopic (exact) mass is 288 g/mol. The van der Waals surface area contributed by atoms with E-state index in [0.29, 0.717) is 12.1 Å². The highest BCUT2D eigenvalue weighted by Crippen LogP contribution is 2.20. The SMILES string of the molecule is CCC(CC)C(C)N1CCCNC(Cc2ccccc2)C1. The fourth-order valence-corrected chi connectivity index (χ4v) is 3.70. The van der Waals surface area contributed by atoms with Crippen LogP contribution in [0.4, 0.5) is 0 Å². The van der Waals surface area contributed by atoms with Crippen LogP contribution in [0.1, 0.15) is 45.6 Å². The molecular weight excluding hydrogens is 256 g/mol. The van der Waals surface area contributed by atoms with Gasteiger partial charge in [0.05, 0.1) is 0 Å². The van der Waals surface area contributed by atoms with E-state index in [-0.39, 0.29) is 0 Å². The number of benzene rings is 1. The van der Waals surface area contributed by atoms with Crippen molar-refractivity contribution in [3.63, 3.8) is 0 Å². The van der Waals surface area contributed by atoms with Gasteiger partial charge in [-0.05, 0) is 44.3 Å². The summed E-state index contributed by atoms with van der Waals surface area (Å²) in [7, 11) is 0. The first-order valence-corrected chi connectivity index (χ1v) is 8.76. The molecule has 1 fully saturated rings. The molecule has 0 aromatic heterocycles. The number of nitrogens with zero attached hydrogens (tertiary/aromatic N) is 1. The van der Waals surface area contributed by atoms with Crippen molar-refractivity contribution in [2.75, 3.05) is 19.6 Å². The van der Waals surface area contributed by atoms with E-state index in [4.69, 9.17) is 0 Å². The molecule has 2 atom stereocenters. The summed E-state index contributed by atoms with van der Waals surface area (Å²) >= 11 is 0. The van der Waals surface area contributed by atoms with Gasteiger partial charge in [-0.2, -0.15) is 0 Å². The minimum atomic E-state index is 0.590. The molecule has 1 aromatic carbocycles. The third-order valence-corrected chi connectivity index (χ3v) is 5.14. The maximum absolute atomic E-state index is 3.75. The van der Waals surface area contributed by atoms with E-state index in [1.165, 1.54) is 37.9 Å². The second-order valence-corrected chi connectivity index (χ2v) is 6.51. The Balaban J connectivity index is 1.97. The lowest BCUT2D eigenvalue weighted by molar-refractivity contribution is 0.145. The Hall–Kier alpha value is -0.860. The number of rotatable bonds is 6. The highest BCUT2D eigenvalue weighted by Gasteiger charge is 2.25. The van der Waals surface area contributed by atoms with Crippen molar-refractivity contribution in [2.24, 2.45) is 5.92 Å². The zero-order valence-corrected chi connectivity index (χ0v) is 14.0. The molecule has 0 aliphatic carbocycles. The molecule has 1 aliphatic heterocycles. The molecule has 2 nitrogen and oxygen atoms in total. The van der Waals surface area contributed by atoms with E-state index < -0.39 is 0 Å². The van der Waals surface area contributed by atoms with Crippen LogP contribution in [-0.4, -0.2) is 36.6 Å². The topological polar surface area (TPSA) is 15.3 Å². The zero-order valence-electron chi connectivity index (χ0n) is 14.0. The van der Waals surface area contributed by atoms with Gasteiger partial charge in [-0.1, -0.05) is 57.0 Å². The van der Waals surface area contributed by atoms with Gasteiger partial charge in [-0.15, -0.1) is 0 Å². The van der Waals surface area contributed by atoms with E-state index in [0.717, 1.165) is 18.9 Å². The molecule has 0 amide bonds. The smallest absolute Gasteiger partial charge is 0.0235 e. The molecule has 0 bridgehead atoms. The van der Waals surface area contributed by atoms with E-state index in [9.17, 15) is 0 Å². The van der Waals surface area contributed by atoms with Crippen LogP contribution in [-0.2, 0) is 6.42 Å². The lowest BCUT2D eigenvalue weighted by atomic mass is 9.93. The average molecular weight is 288 g/mol. The van der Waals surface area contributed by atoms with Gasteiger partial charge in [-0.25, -0.2) is 0 Å². The van der Waals surface area contributed by atoms with E-state index in [2.05, 4.69) is 61.3 Å². The molecule has 1 heterocycles. The van der Waals surface area contributed by atoms with Gasteiger partial charge < -0.3 is 5.32 Å². The summed E-state index contributed by atoms with van der Waals surface area (Å²) in [4.78, 5) is 2.73. The summed E-state index contributed by atoms with van der Waals surface area (Å²) in [5.41, 5.74) is 1.45. The minimum absolute atomic E-state index is 0.590. The molecule has 1 N–H and O–H groups in total. The molecule has 0 radical (unpaired) electrons. The highest BCUT2D eigenvalue weighted by molar-refractivity contribution is 5.16. The van der Waals surface area contributed by atoms with E-state index >= 15 is 0 Å². The van der Waals surface area contributed by atoms with Crippen molar-refractivity contribution in [1.82, 2.24) is 10.2 Å². The molecular formula is C19H32N2. The first-order chi connectivity index (χ1) is 10.2. The maximum Gasteiger partial charge on any atom is 0.0235 e. The number of nitrogens with one attached hydrogen (secondary N) is 1. The summed E-state index contributed by atoms with van der Waals surface area (Å²) in [6, 6.07) is 12.2. The molecule has 118 valence electrons. The maximum atomic E-state index is 3.75. The number of hydrogen-bond acceptors (Lipinski definition) is 2. The first-order valence-electron chi connectivity index (χ1n) is 8.76. The summed E-state index contributed by atoms with van der Waals surface area (Å²) in [6.07, 6.45) is 5.01. The second-order valence-electron chi connectivity index (χ2n) is 6.51. The summed E-state index contributed by atoms with van der Waals surface area (Å²) < 4.78 is 0. The fraction of sp³-hybridized carbons (Fsp3) is 0.684. The lowest BCUT2D eigenvalue weighted by Gasteiger charge is -2.35. The Kier molecular flexibility index (Phi) is 6.72. The van der Waals surface area contributed by atoms with Gasteiger partial charge >= 0.3 is 0 Å². The van der Waals surface area contributed by atoms with Gasteiger partial charge in [0.2, 0.25) is 0 Å². The van der Waals surface area contributed by atoms with Crippen LogP contribution in [0.25, 0.3) is 0 Å². The van der Waals surface area contributed by atoms with Crippen LogP contribution in [0.2, 0.25) is 0 Å². The molecule has 21 heavy (non-hydrogen) atoms. The lowest BCUT2D eigenvalue weighted by Crippen LogP contribution is -2.45. The second kappa shape index (κ2) is 8.55. The van der Waals surface area contributed by atoms with Gasteiger partial charge in [-0.3, -0.25) is 4.90 Å². The number of hydrogen-bond donors (Lipinski definition) is 1. The Morgan fingerprint density at radius 1 is 1.19 bits per heavy atom. The van der Waals surface area contributed by atoms with Crippen molar-refractivity contribution in [3.05, 3.63) is 35.9 Å².